The topological polar surface area (TPSA) is 118 Å². The molecule has 3 fully saturated rings. The van der Waals surface area contributed by atoms with Gasteiger partial charge in [-0.05, 0) is 102 Å². The molecule has 10 heteroatoms. The number of carbonyl (C=O) groups is 3. The number of hydrogen-bond donors (Lipinski definition) is 2. The Kier molecular flexibility index (Phi) is 10.2. The third-order valence-corrected chi connectivity index (χ3v) is 12.5. The molecule has 2 saturated heterocycles. The number of aryl methyl sites for hydroxylation is 1. The molecule has 0 radical (unpaired) electrons. The standard InChI is InChI=1S/C46H49N3O7/c50-33-10-15-40-31(24-33)9-14-39(29-4-2-1-3-5-29)44(40)30-6-11-34(12-7-30)55-37-25-38(26-37)56-35-18-20-48(21-19-35)22-23-54-36-13-8-32-28-49(46(53)41(32)27-36)42-16-17-43(51)47-45(42)52/h1-8,10-13,15,24,27,35,37-39,42,44,50H,9,14,16-23,25-26,28H2,(H,47,51,52)/t37-,38-,39-,42?,44+/m1/s1. The molecular weight excluding hydrogens is 707 g/mol. The fourth-order valence-corrected chi connectivity index (χ4v) is 9.41. The van der Waals surface area contributed by atoms with Crippen LogP contribution < -0.4 is 14.8 Å². The van der Waals surface area contributed by atoms with E-state index in [0.29, 0.717) is 42.6 Å². The van der Waals surface area contributed by atoms with E-state index in [4.69, 9.17) is 14.2 Å². The van der Waals surface area contributed by atoms with Crippen LogP contribution >= 0.6 is 0 Å². The van der Waals surface area contributed by atoms with Crippen molar-refractivity contribution in [2.45, 2.75) is 94.1 Å². The van der Waals surface area contributed by atoms with Crippen molar-refractivity contribution in [3.8, 4) is 17.2 Å². The number of phenolic OH excluding ortho intramolecular Hbond substituents is 1. The molecule has 9 rings (SSSR count). The molecule has 4 aromatic carbocycles. The van der Waals surface area contributed by atoms with Crippen molar-refractivity contribution >= 4 is 17.7 Å². The lowest BCUT2D eigenvalue weighted by molar-refractivity contribution is -0.136. The van der Waals surface area contributed by atoms with Gasteiger partial charge in [0.2, 0.25) is 11.8 Å². The van der Waals surface area contributed by atoms with E-state index in [-0.39, 0.29) is 42.5 Å². The van der Waals surface area contributed by atoms with Gasteiger partial charge in [-0.1, -0.05) is 54.6 Å². The SMILES string of the molecule is O=C1CCC(N2Cc3ccc(OCCN4CCC(O[C@H]5C[C@H](Oc6ccc([C@@H]7c8ccc(O)cc8CC[C@@H]7c7ccccc7)cc6)C5)CC4)cc3C2=O)C(=O)N1. The van der Waals surface area contributed by atoms with Crippen molar-refractivity contribution < 1.29 is 33.7 Å². The van der Waals surface area contributed by atoms with Gasteiger partial charge < -0.3 is 24.2 Å². The van der Waals surface area contributed by atoms with Crippen molar-refractivity contribution in [3.63, 3.8) is 0 Å². The first-order valence-electron chi connectivity index (χ1n) is 20.3. The van der Waals surface area contributed by atoms with Gasteiger partial charge >= 0.3 is 0 Å². The van der Waals surface area contributed by atoms with Crippen LogP contribution in [0.2, 0.25) is 0 Å². The van der Waals surface area contributed by atoms with Crippen LogP contribution in [0.15, 0.2) is 91.0 Å². The Hall–Kier alpha value is -5.19. The van der Waals surface area contributed by atoms with Crippen LogP contribution in [-0.2, 0) is 27.3 Å². The molecule has 2 N–H and O–H groups in total. The van der Waals surface area contributed by atoms with Crippen LogP contribution in [0, 0.1) is 0 Å². The Labute approximate surface area is 327 Å². The molecule has 3 aliphatic heterocycles. The zero-order valence-electron chi connectivity index (χ0n) is 31.6. The highest BCUT2D eigenvalue weighted by Crippen LogP contribution is 2.47. The van der Waals surface area contributed by atoms with Crippen LogP contribution in [0.1, 0.15) is 95.0 Å². The van der Waals surface area contributed by atoms with E-state index in [1.807, 2.05) is 24.3 Å². The van der Waals surface area contributed by atoms with Crippen molar-refractivity contribution in [2.24, 2.45) is 0 Å². The Morgan fingerprint density at radius 2 is 1.52 bits per heavy atom. The van der Waals surface area contributed by atoms with Gasteiger partial charge in [-0.25, -0.2) is 0 Å². The van der Waals surface area contributed by atoms with Gasteiger partial charge in [-0.3, -0.25) is 24.6 Å². The highest BCUT2D eigenvalue weighted by molar-refractivity contribution is 6.05. The number of imide groups is 1. The summed E-state index contributed by atoms with van der Waals surface area (Å²) in [6.07, 6.45) is 7.01. The number of amides is 3. The summed E-state index contributed by atoms with van der Waals surface area (Å²) < 4.78 is 19.0. The highest BCUT2D eigenvalue weighted by Gasteiger charge is 2.40. The van der Waals surface area contributed by atoms with Crippen LogP contribution in [0.25, 0.3) is 0 Å². The maximum absolute atomic E-state index is 13.1. The summed E-state index contributed by atoms with van der Waals surface area (Å²) >= 11 is 0. The summed E-state index contributed by atoms with van der Waals surface area (Å²) in [7, 11) is 0. The summed E-state index contributed by atoms with van der Waals surface area (Å²) in [4.78, 5) is 41.0. The molecule has 3 heterocycles. The number of aromatic hydroxyl groups is 1. The molecule has 0 spiro atoms. The van der Waals surface area contributed by atoms with Crippen LogP contribution in [0.4, 0.5) is 0 Å². The number of fused-ring (bicyclic) bond motifs is 2. The fourth-order valence-electron chi connectivity index (χ4n) is 9.41. The lowest BCUT2D eigenvalue weighted by atomic mass is 9.69. The van der Waals surface area contributed by atoms with Gasteiger partial charge in [-0.2, -0.15) is 0 Å². The minimum absolute atomic E-state index is 0.161. The maximum Gasteiger partial charge on any atom is 0.255 e. The second kappa shape index (κ2) is 15.7. The van der Waals surface area contributed by atoms with E-state index in [2.05, 4.69) is 70.9 Å². The minimum Gasteiger partial charge on any atom is -0.508 e. The zero-order valence-corrected chi connectivity index (χ0v) is 31.6. The number of ether oxygens (including phenoxy) is 3. The summed E-state index contributed by atoms with van der Waals surface area (Å²) in [5.74, 6) is 1.58. The van der Waals surface area contributed by atoms with Crippen LogP contribution in [0.5, 0.6) is 17.2 Å². The Balaban J connectivity index is 0.705. The molecule has 0 bridgehead atoms. The van der Waals surface area contributed by atoms with Gasteiger partial charge in [0.25, 0.3) is 5.91 Å². The number of benzene rings is 4. The largest absolute Gasteiger partial charge is 0.508 e. The van der Waals surface area contributed by atoms with Crippen molar-refractivity contribution in [1.82, 2.24) is 15.1 Å². The molecule has 3 amide bonds. The quantitative estimate of drug-likeness (QED) is 0.167. The van der Waals surface area contributed by atoms with E-state index in [0.717, 1.165) is 69.5 Å². The first-order chi connectivity index (χ1) is 27.3. The van der Waals surface area contributed by atoms with Gasteiger partial charge in [0, 0.05) is 56.9 Å². The zero-order chi connectivity index (χ0) is 38.2. The van der Waals surface area contributed by atoms with Crippen molar-refractivity contribution in [3.05, 3.63) is 124 Å². The Morgan fingerprint density at radius 1 is 0.732 bits per heavy atom. The number of rotatable bonds is 11. The maximum atomic E-state index is 13.1. The number of piperidine rings is 2. The molecule has 290 valence electrons. The average molecular weight is 756 g/mol. The summed E-state index contributed by atoms with van der Waals surface area (Å²) in [5, 5.41) is 12.5. The number of nitrogens with one attached hydrogen (secondary N) is 1. The molecule has 1 unspecified atom stereocenters. The predicted molar refractivity (Wildman–Crippen MR) is 210 cm³/mol. The monoisotopic (exact) mass is 755 g/mol. The molecule has 10 nitrogen and oxygen atoms in total. The van der Waals surface area contributed by atoms with Gasteiger partial charge in [-0.15, -0.1) is 0 Å². The number of hydrogen-bond acceptors (Lipinski definition) is 8. The van der Waals surface area contributed by atoms with E-state index in [1.54, 1.807) is 11.0 Å². The first kappa shape index (κ1) is 36.4. The van der Waals surface area contributed by atoms with Crippen LogP contribution in [0.3, 0.4) is 0 Å². The molecule has 4 aromatic rings. The second-order valence-electron chi connectivity index (χ2n) is 16.1. The van der Waals surface area contributed by atoms with Crippen molar-refractivity contribution in [1.29, 1.82) is 0 Å². The third kappa shape index (κ3) is 7.64. The summed E-state index contributed by atoms with van der Waals surface area (Å²) in [5.41, 5.74) is 6.59. The summed E-state index contributed by atoms with van der Waals surface area (Å²) in [6.45, 7) is 3.58. The normalized spacial score (nSPS) is 25.2. The number of carbonyl (C=O) groups excluding carboxylic acids is 3. The molecule has 56 heavy (non-hydrogen) atoms. The minimum atomic E-state index is -0.620. The lowest BCUT2D eigenvalue weighted by Crippen LogP contribution is -2.52. The number of likely N-dealkylation sites (tertiary alicyclic amines) is 1. The van der Waals surface area contributed by atoms with Gasteiger partial charge in [0.15, 0.2) is 0 Å². The fraction of sp³-hybridized carbons (Fsp3) is 0.413. The smallest absolute Gasteiger partial charge is 0.255 e. The number of phenols is 1. The summed E-state index contributed by atoms with van der Waals surface area (Å²) in [6, 6.07) is 30.2. The Bertz CT molecular complexity index is 2070. The van der Waals surface area contributed by atoms with E-state index in [9.17, 15) is 19.5 Å². The predicted octanol–water partition coefficient (Wildman–Crippen LogP) is 6.48. The third-order valence-electron chi connectivity index (χ3n) is 12.5. The number of nitrogens with zero attached hydrogens (tertiary/aromatic N) is 2. The molecule has 5 aliphatic rings. The molecule has 1 saturated carbocycles. The van der Waals surface area contributed by atoms with E-state index < -0.39 is 11.9 Å². The Morgan fingerprint density at radius 3 is 2.30 bits per heavy atom. The van der Waals surface area contributed by atoms with Gasteiger partial charge in [0.1, 0.15) is 36.0 Å². The second-order valence-corrected chi connectivity index (χ2v) is 16.1. The van der Waals surface area contributed by atoms with Gasteiger partial charge in [0.05, 0.1) is 12.2 Å². The molecule has 0 aromatic heterocycles. The average Bonchev–Trinajstić information content (AvgIpc) is 3.52. The van der Waals surface area contributed by atoms with E-state index in [1.165, 1.54) is 22.3 Å². The van der Waals surface area contributed by atoms with E-state index >= 15 is 0 Å². The molecular formula is C46H49N3O7. The highest BCUT2D eigenvalue weighted by atomic mass is 16.5. The molecule has 2 aliphatic carbocycles. The first-order valence-corrected chi connectivity index (χ1v) is 20.3. The molecule has 3 atom stereocenters. The van der Waals surface area contributed by atoms with Crippen LogP contribution in [-0.4, -0.2) is 83.2 Å². The lowest BCUT2D eigenvalue weighted by Gasteiger charge is -2.40. The van der Waals surface area contributed by atoms with Crippen molar-refractivity contribution in [2.75, 3.05) is 26.2 Å².